The molecule has 1 aromatic heterocycles. The van der Waals surface area contributed by atoms with Crippen molar-refractivity contribution < 1.29 is 50.3 Å². The first kappa shape index (κ1) is 21.0. The zero-order valence-corrected chi connectivity index (χ0v) is 13.2. The first-order valence-corrected chi connectivity index (χ1v) is 7.51. The van der Waals surface area contributed by atoms with Crippen LogP contribution in [0.5, 0.6) is 0 Å². The fourth-order valence-electron chi connectivity index (χ4n) is 1.84. The van der Waals surface area contributed by atoms with E-state index >= 15 is 0 Å². The molecule has 0 saturated heterocycles. The van der Waals surface area contributed by atoms with Crippen LogP contribution in [0.4, 0.5) is 26.3 Å². The Hall–Kier alpha value is -2.02. The summed E-state index contributed by atoms with van der Waals surface area (Å²) in [5.74, 6) is -4.70. The molecule has 1 rings (SSSR count). The maximum absolute atomic E-state index is 13.1. The molecule has 1 atom stereocenters. The van der Waals surface area contributed by atoms with Gasteiger partial charge in [0.05, 0.1) is 7.11 Å². The Morgan fingerprint density at radius 2 is 1.56 bits per heavy atom. The van der Waals surface area contributed by atoms with Crippen molar-refractivity contribution in [2.75, 3.05) is 12.9 Å². The minimum Gasteiger partial charge on any atom is -0.611 e. The van der Waals surface area contributed by atoms with Crippen LogP contribution in [-0.2, 0) is 28.3 Å². The second kappa shape index (κ2) is 7.07. The van der Waals surface area contributed by atoms with Crippen LogP contribution < -0.4 is 0 Å². The number of rotatable bonds is 4. The normalized spacial score (nSPS) is 13.5. The third kappa shape index (κ3) is 4.15. The number of carboxylic acids is 1. The molecule has 1 aromatic rings. The van der Waals surface area contributed by atoms with E-state index in [1.54, 1.807) is 0 Å². The highest BCUT2D eigenvalue weighted by atomic mass is 32.2. The van der Waals surface area contributed by atoms with Crippen molar-refractivity contribution in [3.05, 3.63) is 22.5 Å². The summed E-state index contributed by atoms with van der Waals surface area (Å²) in [5.41, 5.74) is -8.15. The van der Waals surface area contributed by atoms with E-state index in [1.165, 1.54) is 0 Å². The average molecular weight is 393 g/mol. The molecule has 6 nitrogen and oxygen atoms in total. The van der Waals surface area contributed by atoms with Crippen molar-refractivity contribution in [1.29, 1.82) is 0 Å². The fourth-order valence-corrected chi connectivity index (χ4v) is 2.94. The molecule has 0 aliphatic rings. The number of aromatic carboxylic acids is 1. The van der Waals surface area contributed by atoms with E-state index in [1.807, 2.05) is 0 Å². The van der Waals surface area contributed by atoms with Gasteiger partial charge in [0, 0.05) is 0 Å². The first-order chi connectivity index (χ1) is 11.3. The number of hydrogen-bond donors (Lipinski definition) is 1. The number of methoxy groups -OCH3 is 1. The lowest BCUT2D eigenvalue weighted by Crippen LogP contribution is -2.29. The largest absolute Gasteiger partial charge is 0.611 e. The summed E-state index contributed by atoms with van der Waals surface area (Å²) in [4.78, 5) is 23.8. The summed E-state index contributed by atoms with van der Waals surface area (Å²) in [6, 6.07) is 0. The maximum atomic E-state index is 13.1. The van der Waals surface area contributed by atoms with Crippen LogP contribution in [0.1, 0.15) is 39.0 Å². The maximum Gasteiger partial charge on any atom is 0.434 e. The minimum absolute atomic E-state index is 0.553. The molecule has 0 radical (unpaired) electrons. The van der Waals surface area contributed by atoms with Crippen LogP contribution in [0.25, 0.3) is 0 Å². The van der Waals surface area contributed by atoms with Gasteiger partial charge in [-0.15, -0.1) is 0 Å². The van der Waals surface area contributed by atoms with Gasteiger partial charge in [-0.3, -0.25) is 0 Å². The summed E-state index contributed by atoms with van der Waals surface area (Å²) in [5, 5.41) is 9.02. The molecule has 13 heteroatoms. The average Bonchev–Trinajstić information content (AvgIpc) is 2.49. The van der Waals surface area contributed by atoms with E-state index in [4.69, 9.17) is 5.11 Å². The van der Waals surface area contributed by atoms with E-state index < -0.39 is 68.6 Å². The number of hydrogen-bond acceptors (Lipinski definition) is 5. The first-order valence-electron chi connectivity index (χ1n) is 6.19. The number of alkyl halides is 6. The van der Waals surface area contributed by atoms with Gasteiger partial charge in [-0.2, -0.15) is 26.3 Å². The van der Waals surface area contributed by atoms with Crippen LogP contribution in [0.15, 0.2) is 4.90 Å². The lowest BCUT2D eigenvalue weighted by atomic mass is 10.1. The van der Waals surface area contributed by atoms with Crippen molar-refractivity contribution >= 4 is 23.1 Å². The molecule has 0 spiro atoms. The number of carbonyl (C=O) groups is 2. The van der Waals surface area contributed by atoms with Crippen molar-refractivity contribution in [3.8, 4) is 0 Å². The second-order valence-corrected chi connectivity index (χ2v) is 5.99. The Morgan fingerprint density at radius 3 is 1.88 bits per heavy atom. The topological polar surface area (TPSA) is 99.5 Å². The molecule has 140 valence electrons. The number of halogens is 6. The minimum atomic E-state index is -5.60. The lowest BCUT2D eigenvalue weighted by molar-refractivity contribution is -0.151. The highest BCUT2D eigenvalue weighted by Gasteiger charge is 2.49. The van der Waals surface area contributed by atoms with Crippen molar-refractivity contribution in [2.45, 2.75) is 24.2 Å². The predicted octanol–water partition coefficient (Wildman–Crippen LogP) is 2.73. The Morgan fingerprint density at radius 1 is 1.12 bits per heavy atom. The van der Waals surface area contributed by atoms with E-state index in [9.17, 15) is 40.5 Å². The molecule has 1 unspecified atom stereocenters. The molecule has 0 bridgehead atoms. The molecule has 0 fully saturated rings. The van der Waals surface area contributed by atoms with Gasteiger partial charge in [-0.05, 0) is 18.1 Å². The van der Waals surface area contributed by atoms with Gasteiger partial charge in [-0.1, -0.05) is 0 Å². The van der Waals surface area contributed by atoms with Crippen LogP contribution in [0.3, 0.4) is 0 Å². The lowest BCUT2D eigenvalue weighted by Gasteiger charge is -2.20. The molecule has 1 N–H and O–H groups in total. The highest BCUT2D eigenvalue weighted by Crippen LogP contribution is 2.41. The number of esters is 1. The van der Waals surface area contributed by atoms with Crippen LogP contribution in [-0.4, -0.2) is 39.4 Å². The molecule has 25 heavy (non-hydrogen) atoms. The zero-order chi connectivity index (χ0) is 19.7. The van der Waals surface area contributed by atoms with Crippen molar-refractivity contribution in [2.24, 2.45) is 0 Å². The second-order valence-electron chi connectivity index (χ2n) is 4.31. The monoisotopic (exact) mass is 393 g/mol. The summed E-state index contributed by atoms with van der Waals surface area (Å²) in [6.45, 7) is 1.11. The number of carbonyl (C=O) groups excluding carboxylic acids is 1. The number of carboxylic acid groups (broad SMARTS) is 1. The Balaban J connectivity index is 4.21. The Kier molecular flexibility index (Phi) is 5.95. The van der Waals surface area contributed by atoms with Gasteiger partial charge in [0.15, 0.2) is 16.3 Å². The molecular formula is C12H9F6NO5S. The third-order valence-corrected chi connectivity index (χ3v) is 4.17. The van der Waals surface area contributed by atoms with E-state index in [-0.39, 0.29) is 0 Å². The molecule has 1 heterocycles. The highest BCUT2D eigenvalue weighted by molar-refractivity contribution is 7.91. The van der Waals surface area contributed by atoms with Gasteiger partial charge in [0.2, 0.25) is 0 Å². The molecule has 0 aliphatic heterocycles. The third-order valence-electron chi connectivity index (χ3n) is 2.78. The fraction of sp³-hybridized carbons (Fsp3) is 0.417. The quantitative estimate of drug-likeness (QED) is 0.480. The zero-order valence-electron chi connectivity index (χ0n) is 12.4. The number of nitrogens with zero attached hydrogens (tertiary/aromatic N) is 1. The van der Waals surface area contributed by atoms with Gasteiger partial charge >= 0.3 is 24.3 Å². The molecular weight excluding hydrogens is 384 g/mol. The standard InChI is InChI=1S/C12H9F6NO5S/c1-3-25(23)6-4(9(20)21)7(11(13,14)15)19-8(12(16,17)18)5(6)10(22)24-2/h3H2,1-2H3,(H,20,21). The van der Waals surface area contributed by atoms with Crippen molar-refractivity contribution in [1.82, 2.24) is 4.98 Å². The van der Waals surface area contributed by atoms with Gasteiger partial charge in [0.1, 0.15) is 16.9 Å². The molecule has 0 aromatic carbocycles. The summed E-state index contributed by atoms with van der Waals surface area (Å²) >= 11 is -2.67. The Bertz CT molecular complexity index is 703. The van der Waals surface area contributed by atoms with Gasteiger partial charge < -0.3 is 14.4 Å². The number of aromatic nitrogens is 1. The predicted molar refractivity (Wildman–Crippen MR) is 69.5 cm³/mol. The Labute approximate surface area is 139 Å². The smallest absolute Gasteiger partial charge is 0.434 e. The van der Waals surface area contributed by atoms with Crippen LogP contribution in [0, 0.1) is 0 Å². The van der Waals surface area contributed by atoms with Crippen LogP contribution >= 0.6 is 0 Å². The number of ether oxygens (including phenoxy) is 1. The van der Waals surface area contributed by atoms with E-state index in [0.29, 0.717) is 7.11 Å². The molecule has 0 aliphatic carbocycles. The van der Waals surface area contributed by atoms with Gasteiger partial charge in [-0.25, -0.2) is 14.6 Å². The summed E-state index contributed by atoms with van der Waals surface area (Å²) < 4.78 is 94.5. The summed E-state index contributed by atoms with van der Waals surface area (Å²) in [6.07, 6.45) is -11.2. The van der Waals surface area contributed by atoms with E-state index in [0.717, 1.165) is 6.92 Å². The van der Waals surface area contributed by atoms with E-state index in [2.05, 4.69) is 9.72 Å². The molecule has 0 saturated carbocycles. The molecule has 0 amide bonds. The van der Waals surface area contributed by atoms with Crippen molar-refractivity contribution in [3.63, 3.8) is 0 Å². The van der Waals surface area contributed by atoms with Gasteiger partial charge in [0.25, 0.3) is 0 Å². The SMILES string of the molecule is CC[S+]([O-])c1c(C(=O)O)c(C(F)(F)F)nc(C(F)(F)F)c1C(=O)OC. The van der Waals surface area contributed by atoms with Crippen LogP contribution in [0.2, 0.25) is 0 Å². The number of pyridine rings is 1. The summed E-state index contributed by atoms with van der Waals surface area (Å²) in [7, 11) is 0.624.